The van der Waals surface area contributed by atoms with Crippen LogP contribution in [0.25, 0.3) is 5.57 Å². The third-order valence-corrected chi connectivity index (χ3v) is 4.38. The molecule has 1 fully saturated rings. The summed E-state index contributed by atoms with van der Waals surface area (Å²) in [6.45, 7) is 7.00. The van der Waals surface area contributed by atoms with Crippen molar-refractivity contribution in [3.05, 3.63) is 41.0 Å². The molecule has 0 spiro atoms. The van der Waals surface area contributed by atoms with Crippen molar-refractivity contribution in [1.82, 2.24) is 4.90 Å². The molecule has 1 nitrogen and oxygen atoms in total. The molecule has 17 heavy (non-hydrogen) atoms. The molecule has 2 unspecified atom stereocenters. The zero-order chi connectivity index (χ0) is 12.0. The summed E-state index contributed by atoms with van der Waals surface area (Å²) in [6, 6.07) is 9.03. The molecule has 1 saturated heterocycles. The van der Waals surface area contributed by atoms with Gasteiger partial charge in [0.1, 0.15) is 0 Å². The fourth-order valence-corrected chi connectivity index (χ4v) is 3.68. The van der Waals surface area contributed by atoms with Gasteiger partial charge in [-0.1, -0.05) is 29.8 Å². The molecule has 0 bridgehead atoms. The van der Waals surface area contributed by atoms with Gasteiger partial charge in [-0.25, -0.2) is 0 Å². The van der Waals surface area contributed by atoms with Gasteiger partial charge < -0.3 is 4.90 Å². The second-order valence-electron chi connectivity index (χ2n) is 5.76. The predicted molar refractivity (Wildman–Crippen MR) is 73.1 cm³/mol. The van der Waals surface area contributed by atoms with Crippen LogP contribution in [0, 0.1) is 5.92 Å². The van der Waals surface area contributed by atoms with E-state index in [0.29, 0.717) is 0 Å². The van der Waals surface area contributed by atoms with Gasteiger partial charge in [-0.2, -0.15) is 0 Å². The number of fused-ring (bicyclic) bond motifs is 3. The van der Waals surface area contributed by atoms with Crippen LogP contribution in [0.15, 0.2) is 29.8 Å². The second kappa shape index (κ2) is 3.99. The first kappa shape index (κ1) is 11.0. The van der Waals surface area contributed by atoms with E-state index in [2.05, 4.69) is 50.1 Å². The molecule has 0 amide bonds. The molecule has 2 atom stereocenters. The fourth-order valence-electron chi connectivity index (χ4n) is 3.68. The Morgan fingerprint density at radius 2 is 1.94 bits per heavy atom. The molecular weight excluding hydrogens is 206 g/mol. The zero-order valence-corrected chi connectivity index (χ0v) is 11.0. The van der Waals surface area contributed by atoms with Crippen molar-refractivity contribution in [2.24, 2.45) is 5.92 Å². The molecule has 90 valence electrons. The summed E-state index contributed by atoms with van der Waals surface area (Å²) >= 11 is 0. The van der Waals surface area contributed by atoms with Crippen LogP contribution in [-0.2, 0) is 0 Å². The maximum atomic E-state index is 2.48. The summed E-state index contributed by atoms with van der Waals surface area (Å²) in [7, 11) is 2.25. The number of likely N-dealkylation sites (tertiary alicyclic amines) is 1. The minimum Gasteiger partial charge on any atom is -0.306 e. The molecule has 0 N–H and O–H groups in total. The number of hydrogen-bond acceptors (Lipinski definition) is 1. The molecular formula is C16H21N. The molecule has 2 aliphatic rings. The molecule has 0 radical (unpaired) electrons. The smallest absolute Gasteiger partial charge is 0.00533 e. The van der Waals surface area contributed by atoms with Gasteiger partial charge in [-0.15, -0.1) is 0 Å². The lowest BCUT2D eigenvalue weighted by molar-refractivity contribution is 0.224. The van der Waals surface area contributed by atoms with Gasteiger partial charge in [0.15, 0.2) is 0 Å². The van der Waals surface area contributed by atoms with Crippen LogP contribution < -0.4 is 0 Å². The van der Waals surface area contributed by atoms with Crippen LogP contribution in [-0.4, -0.2) is 25.0 Å². The van der Waals surface area contributed by atoms with Crippen LogP contribution in [0.4, 0.5) is 0 Å². The Hall–Kier alpha value is -1.08. The topological polar surface area (TPSA) is 3.24 Å². The van der Waals surface area contributed by atoms with Crippen molar-refractivity contribution in [2.75, 3.05) is 20.1 Å². The van der Waals surface area contributed by atoms with Crippen molar-refractivity contribution in [2.45, 2.75) is 26.2 Å². The highest BCUT2D eigenvalue weighted by atomic mass is 15.1. The summed E-state index contributed by atoms with van der Waals surface area (Å²) < 4.78 is 0. The summed E-state index contributed by atoms with van der Waals surface area (Å²) in [5.74, 6) is 1.50. The Morgan fingerprint density at radius 1 is 1.18 bits per heavy atom. The fraction of sp³-hybridized carbons (Fsp3) is 0.500. The third kappa shape index (κ3) is 1.64. The predicted octanol–water partition coefficient (Wildman–Crippen LogP) is 3.53. The molecule has 1 aliphatic heterocycles. The average molecular weight is 227 g/mol. The normalized spacial score (nSPS) is 27.8. The largest absolute Gasteiger partial charge is 0.306 e. The van der Waals surface area contributed by atoms with Crippen molar-refractivity contribution in [3.63, 3.8) is 0 Å². The summed E-state index contributed by atoms with van der Waals surface area (Å²) in [6.07, 6.45) is 1.32. The van der Waals surface area contributed by atoms with Gasteiger partial charge in [-0.05, 0) is 56.5 Å². The van der Waals surface area contributed by atoms with Gasteiger partial charge in [0.2, 0.25) is 0 Å². The lowest BCUT2D eigenvalue weighted by Crippen LogP contribution is -2.34. The molecule has 1 aromatic rings. The van der Waals surface area contributed by atoms with Gasteiger partial charge in [-0.3, -0.25) is 0 Å². The van der Waals surface area contributed by atoms with Gasteiger partial charge in [0.25, 0.3) is 0 Å². The van der Waals surface area contributed by atoms with E-state index < -0.39 is 0 Å². The molecule has 1 heteroatoms. The van der Waals surface area contributed by atoms with E-state index in [0.717, 1.165) is 11.8 Å². The Balaban J connectivity index is 2.13. The zero-order valence-electron chi connectivity index (χ0n) is 11.0. The van der Waals surface area contributed by atoms with E-state index in [9.17, 15) is 0 Å². The minimum absolute atomic E-state index is 0.731. The van der Waals surface area contributed by atoms with Crippen LogP contribution in [0.5, 0.6) is 0 Å². The molecule has 0 aromatic heterocycles. The van der Waals surface area contributed by atoms with E-state index in [1.165, 1.54) is 30.6 Å². The van der Waals surface area contributed by atoms with E-state index in [1.807, 2.05) is 0 Å². The Kier molecular flexibility index (Phi) is 2.59. The lowest BCUT2D eigenvalue weighted by Gasteiger charge is -2.33. The van der Waals surface area contributed by atoms with Crippen LogP contribution >= 0.6 is 0 Å². The Labute approximate surface area is 104 Å². The van der Waals surface area contributed by atoms with E-state index in [4.69, 9.17) is 0 Å². The van der Waals surface area contributed by atoms with Gasteiger partial charge >= 0.3 is 0 Å². The maximum absolute atomic E-state index is 2.48. The highest BCUT2D eigenvalue weighted by Crippen LogP contribution is 2.50. The SMILES string of the molecule is CC(C)=C1c2ccccc2C2CN(C)CCC12. The van der Waals surface area contributed by atoms with Crippen molar-refractivity contribution < 1.29 is 0 Å². The number of benzene rings is 1. The number of allylic oxidation sites excluding steroid dienone is 2. The number of hydrogen-bond donors (Lipinski definition) is 0. The monoisotopic (exact) mass is 227 g/mol. The molecule has 1 heterocycles. The number of likely N-dealkylation sites (N-methyl/N-ethyl adjacent to an activating group) is 1. The number of nitrogens with zero attached hydrogens (tertiary/aromatic N) is 1. The summed E-state index contributed by atoms with van der Waals surface area (Å²) in [5, 5.41) is 0. The van der Waals surface area contributed by atoms with Crippen molar-refractivity contribution in [1.29, 1.82) is 0 Å². The van der Waals surface area contributed by atoms with Crippen molar-refractivity contribution >= 4 is 5.57 Å². The minimum atomic E-state index is 0.731. The Morgan fingerprint density at radius 3 is 2.71 bits per heavy atom. The third-order valence-electron chi connectivity index (χ3n) is 4.38. The highest BCUT2D eigenvalue weighted by Gasteiger charge is 2.39. The first-order chi connectivity index (χ1) is 8.18. The first-order valence-corrected chi connectivity index (χ1v) is 6.63. The first-order valence-electron chi connectivity index (χ1n) is 6.63. The average Bonchev–Trinajstić information content (AvgIpc) is 2.63. The lowest BCUT2D eigenvalue weighted by atomic mass is 9.83. The highest BCUT2D eigenvalue weighted by molar-refractivity contribution is 5.78. The van der Waals surface area contributed by atoms with Gasteiger partial charge in [0, 0.05) is 12.5 Å². The molecule has 3 rings (SSSR count). The van der Waals surface area contributed by atoms with Gasteiger partial charge in [0.05, 0.1) is 0 Å². The van der Waals surface area contributed by atoms with Crippen LogP contribution in [0.3, 0.4) is 0 Å². The molecule has 1 aromatic carbocycles. The summed E-state index contributed by atoms with van der Waals surface area (Å²) in [5.41, 5.74) is 6.26. The van der Waals surface area contributed by atoms with Crippen LogP contribution in [0.2, 0.25) is 0 Å². The van der Waals surface area contributed by atoms with Crippen LogP contribution in [0.1, 0.15) is 37.3 Å². The summed E-state index contributed by atoms with van der Waals surface area (Å²) in [4.78, 5) is 2.48. The van der Waals surface area contributed by atoms with Crippen molar-refractivity contribution in [3.8, 4) is 0 Å². The quantitative estimate of drug-likeness (QED) is 0.655. The second-order valence-corrected chi connectivity index (χ2v) is 5.76. The number of piperidine rings is 1. The van der Waals surface area contributed by atoms with E-state index in [-0.39, 0.29) is 0 Å². The van der Waals surface area contributed by atoms with E-state index in [1.54, 1.807) is 11.1 Å². The molecule has 0 saturated carbocycles. The van der Waals surface area contributed by atoms with E-state index >= 15 is 0 Å². The standard InChI is InChI=1S/C16H21N/c1-11(2)16-13-7-5-4-6-12(13)15-10-17(3)9-8-14(15)16/h4-7,14-15H,8-10H2,1-3H3. The Bertz CT molecular complexity index is 468. The maximum Gasteiger partial charge on any atom is 0.00533 e. The number of rotatable bonds is 0. The molecule has 1 aliphatic carbocycles.